The molecule has 2 unspecified atom stereocenters. The van der Waals surface area contributed by atoms with E-state index in [9.17, 15) is 0 Å². The van der Waals surface area contributed by atoms with Gasteiger partial charge in [-0.2, -0.15) is 0 Å². The van der Waals surface area contributed by atoms with Gasteiger partial charge in [-0.3, -0.25) is 4.90 Å². The normalized spacial score (nSPS) is 24.7. The lowest BCUT2D eigenvalue weighted by Crippen LogP contribution is -2.29. The van der Waals surface area contributed by atoms with E-state index in [1.54, 1.807) is 0 Å². The van der Waals surface area contributed by atoms with Gasteiger partial charge in [0.2, 0.25) is 0 Å². The molecule has 1 aliphatic rings. The minimum absolute atomic E-state index is 0.456. The third-order valence-electron chi connectivity index (χ3n) is 3.78. The highest BCUT2D eigenvalue weighted by Crippen LogP contribution is 2.38. The number of rotatable bonds is 4. The summed E-state index contributed by atoms with van der Waals surface area (Å²) in [6.45, 7) is 5.49. The van der Waals surface area contributed by atoms with Gasteiger partial charge in [-0.25, -0.2) is 0 Å². The molecule has 0 amide bonds. The molecule has 0 radical (unpaired) electrons. The minimum Gasteiger partial charge on any atom is -0.319 e. The first-order chi connectivity index (χ1) is 8.67. The second kappa shape index (κ2) is 6.25. The van der Waals surface area contributed by atoms with E-state index in [4.69, 9.17) is 23.2 Å². The molecule has 1 fully saturated rings. The Labute approximate surface area is 119 Å². The lowest BCUT2D eigenvalue weighted by atomic mass is 9.93. The molecular weight excluding hydrogens is 267 g/mol. The molecule has 2 atom stereocenters. The van der Waals surface area contributed by atoms with Gasteiger partial charge in [0.05, 0.1) is 10.0 Å². The van der Waals surface area contributed by atoms with Gasteiger partial charge in [0.25, 0.3) is 0 Å². The van der Waals surface area contributed by atoms with Crippen LogP contribution in [0, 0.1) is 5.92 Å². The molecule has 1 saturated heterocycles. The monoisotopic (exact) mass is 286 g/mol. The van der Waals surface area contributed by atoms with Crippen LogP contribution in [0.2, 0.25) is 10.0 Å². The van der Waals surface area contributed by atoms with Gasteiger partial charge in [0.1, 0.15) is 0 Å². The second-order valence-electron chi connectivity index (χ2n) is 4.85. The Bertz CT molecular complexity index is 409. The van der Waals surface area contributed by atoms with Gasteiger partial charge in [0.15, 0.2) is 0 Å². The average molecular weight is 287 g/mol. The summed E-state index contributed by atoms with van der Waals surface area (Å²) in [5.74, 6) is 0.646. The third kappa shape index (κ3) is 2.83. The Morgan fingerprint density at radius 3 is 2.72 bits per heavy atom. The number of hydrogen-bond acceptors (Lipinski definition) is 2. The van der Waals surface area contributed by atoms with E-state index in [0.717, 1.165) is 19.6 Å². The van der Waals surface area contributed by atoms with Gasteiger partial charge in [-0.05, 0) is 56.7 Å². The van der Waals surface area contributed by atoms with Crippen molar-refractivity contribution in [1.82, 2.24) is 10.2 Å². The van der Waals surface area contributed by atoms with E-state index in [0.29, 0.717) is 22.0 Å². The molecule has 100 valence electrons. The van der Waals surface area contributed by atoms with Crippen LogP contribution in [0.1, 0.15) is 24.9 Å². The largest absolute Gasteiger partial charge is 0.319 e. The topological polar surface area (TPSA) is 15.3 Å². The fourth-order valence-electron chi connectivity index (χ4n) is 2.94. The highest BCUT2D eigenvalue weighted by atomic mass is 35.5. The molecule has 4 heteroatoms. The zero-order valence-electron chi connectivity index (χ0n) is 10.9. The molecule has 1 aromatic carbocycles. The summed E-state index contributed by atoms with van der Waals surface area (Å²) in [6, 6.07) is 6.49. The van der Waals surface area contributed by atoms with Crippen LogP contribution in [0.25, 0.3) is 0 Å². The van der Waals surface area contributed by atoms with Crippen molar-refractivity contribution in [2.75, 3.05) is 26.7 Å². The summed E-state index contributed by atoms with van der Waals surface area (Å²) in [7, 11) is 2.01. The van der Waals surface area contributed by atoms with Crippen molar-refractivity contribution in [2.24, 2.45) is 5.92 Å². The molecule has 1 N–H and O–H groups in total. The van der Waals surface area contributed by atoms with Crippen LogP contribution in [-0.4, -0.2) is 31.6 Å². The Hall–Kier alpha value is -0.280. The standard InChI is InChI=1S/C14H20Cl2N2/c1-3-18-7-6-11(9-17-2)14(18)10-4-5-12(15)13(16)8-10/h4-5,8,11,14,17H,3,6-7,9H2,1-2H3. The Balaban J connectivity index is 2.28. The Morgan fingerprint density at radius 1 is 1.33 bits per heavy atom. The van der Waals surface area contributed by atoms with Crippen LogP contribution in [0.15, 0.2) is 18.2 Å². The number of nitrogens with zero attached hydrogens (tertiary/aromatic N) is 1. The molecule has 2 rings (SSSR count). The predicted octanol–water partition coefficient (Wildman–Crippen LogP) is 3.60. The van der Waals surface area contributed by atoms with Crippen LogP contribution < -0.4 is 5.32 Å². The summed E-state index contributed by atoms with van der Waals surface area (Å²) in [4.78, 5) is 2.52. The summed E-state index contributed by atoms with van der Waals surface area (Å²) < 4.78 is 0. The first-order valence-electron chi connectivity index (χ1n) is 6.51. The summed E-state index contributed by atoms with van der Waals surface area (Å²) in [6.07, 6.45) is 1.24. The smallest absolute Gasteiger partial charge is 0.0595 e. The van der Waals surface area contributed by atoms with Crippen LogP contribution in [0.3, 0.4) is 0 Å². The van der Waals surface area contributed by atoms with Crippen LogP contribution >= 0.6 is 23.2 Å². The van der Waals surface area contributed by atoms with E-state index in [-0.39, 0.29) is 0 Å². The number of likely N-dealkylation sites (tertiary alicyclic amines) is 1. The number of halogens is 2. The molecular formula is C14H20Cl2N2. The van der Waals surface area contributed by atoms with Crippen molar-refractivity contribution in [3.05, 3.63) is 33.8 Å². The van der Waals surface area contributed by atoms with Gasteiger partial charge in [-0.15, -0.1) is 0 Å². The first-order valence-corrected chi connectivity index (χ1v) is 7.26. The van der Waals surface area contributed by atoms with E-state index in [2.05, 4.69) is 23.2 Å². The van der Waals surface area contributed by atoms with E-state index in [1.807, 2.05) is 19.2 Å². The van der Waals surface area contributed by atoms with Gasteiger partial charge < -0.3 is 5.32 Å². The van der Waals surface area contributed by atoms with Crippen LogP contribution in [0.5, 0.6) is 0 Å². The summed E-state index contributed by atoms with van der Waals surface area (Å²) >= 11 is 12.1. The molecule has 2 nitrogen and oxygen atoms in total. The van der Waals surface area contributed by atoms with Crippen LogP contribution in [0.4, 0.5) is 0 Å². The second-order valence-corrected chi connectivity index (χ2v) is 5.67. The SMILES string of the molecule is CCN1CCC(CNC)C1c1ccc(Cl)c(Cl)c1. The van der Waals surface area contributed by atoms with Crippen molar-refractivity contribution < 1.29 is 0 Å². The fourth-order valence-corrected chi connectivity index (χ4v) is 3.24. The van der Waals surface area contributed by atoms with Crippen molar-refractivity contribution >= 4 is 23.2 Å². The number of hydrogen-bond donors (Lipinski definition) is 1. The molecule has 0 saturated carbocycles. The van der Waals surface area contributed by atoms with Gasteiger partial charge >= 0.3 is 0 Å². The Kier molecular flexibility index (Phi) is 4.91. The van der Waals surface area contributed by atoms with Crippen molar-refractivity contribution in [3.8, 4) is 0 Å². The zero-order chi connectivity index (χ0) is 13.1. The van der Waals surface area contributed by atoms with Crippen molar-refractivity contribution in [2.45, 2.75) is 19.4 Å². The highest BCUT2D eigenvalue weighted by Gasteiger charge is 2.33. The maximum Gasteiger partial charge on any atom is 0.0595 e. The van der Waals surface area contributed by atoms with E-state index in [1.165, 1.54) is 12.0 Å². The maximum absolute atomic E-state index is 6.14. The predicted molar refractivity (Wildman–Crippen MR) is 78.5 cm³/mol. The summed E-state index contributed by atoms with van der Waals surface area (Å²) in [5.41, 5.74) is 1.28. The molecule has 1 aromatic rings. The molecule has 18 heavy (non-hydrogen) atoms. The maximum atomic E-state index is 6.14. The molecule has 1 aliphatic heterocycles. The molecule has 1 heterocycles. The molecule has 0 aliphatic carbocycles. The van der Waals surface area contributed by atoms with Crippen molar-refractivity contribution in [3.63, 3.8) is 0 Å². The number of nitrogens with one attached hydrogen (secondary N) is 1. The molecule has 0 aromatic heterocycles. The van der Waals surface area contributed by atoms with Crippen LogP contribution in [-0.2, 0) is 0 Å². The lowest BCUT2D eigenvalue weighted by molar-refractivity contribution is 0.238. The third-order valence-corrected chi connectivity index (χ3v) is 4.52. The minimum atomic E-state index is 0.456. The first kappa shape index (κ1) is 14.1. The molecule has 0 bridgehead atoms. The van der Waals surface area contributed by atoms with Gasteiger partial charge in [-0.1, -0.05) is 36.2 Å². The van der Waals surface area contributed by atoms with Crippen molar-refractivity contribution in [1.29, 1.82) is 0 Å². The number of benzene rings is 1. The zero-order valence-corrected chi connectivity index (χ0v) is 12.4. The lowest BCUT2D eigenvalue weighted by Gasteiger charge is -2.28. The van der Waals surface area contributed by atoms with E-state index < -0.39 is 0 Å². The van der Waals surface area contributed by atoms with E-state index >= 15 is 0 Å². The highest BCUT2D eigenvalue weighted by molar-refractivity contribution is 6.42. The average Bonchev–Trinajstić information content (AvgIpc) is 2.76. The van der Waals surface area contributed by atoms with Gasteiger partial charge in [0, 0.05) is 6.04 Å². The summed E-state index contributed by atoms with van der Waals surface area (Å²) in [5, 5.41) is 4.58. The molecule has 0 spiro atoms. The fraction of sp³-hybridized carbons (Fsp3) is 0.571. The quantitative estimate of drug-likeness (QED) is 0.910. The Morgan fingerprint density at radius 2 is 2.11 bits per heavy atom.